The van der Waals surface area contributed by atoms with Crippen molar-refractivity contribution in [3.05, 3.63) is 23.3 Å². The highest BCUT2D eigenvalue weighted by Gasteiger charge is 2.46. The number of hydrogen-bond donors (Lipinski definition) is 4. The molecule has 2 fully saturated rings. The molecular weight excluding hydrogens is 396 g/mol. The molecule has 0 spiro atoms. The summed E-state index contributed by atoms with van der Waals surface area (Å²) in [5.74, 6) is -1.30. The topological polar surface area (TPSA) is 143 Å². The number of rotatable bonds is 3. The summed E-state index contributed by atoms with van der Waals surface area (Å²) in [6.45, 7) is 3.16. The molecule has 0 bridgehead atoms. The second-order valence-electron chi connectivity index (χ2n) is 8.28. The van der Waals surface area contributed by atoms with E-state index >= 15 is 0 Å². The molecule has 2 heterocycles. The van der Waals surface area contributed by atoms with E-state index in [0.29, 0.717) is 31.3 Å². The van der Waals surface area contributed by atoms with Gasteiger partial charge in [0.1, 0.15) is 30.5 Å². The van der Waals surface area contributed by atoms with Crippen LogP contribution < -0.4 is 0 Å². The monoisotopic (exact) mass is 426 g/mol. The Balaban J connectivity index is 1.72. The van der Waals surface area contributed by atoms with Crippen LogP contribution >= 0.6 is 0 Å². The summed E-state index contributed by atoms with van der Waals surface area (Å²) in [5.41, 5.74) is 1.44. The van der Waals surface area contributed by atoms with Gasteiger partial charge in [0.05, 0.1) is 12.5 Å². The minimum atomic E-state index is -1.65. The molecule has 8 atom stereocenters. The summed E-state index contributed by atoms with van der Waals surface area (Å²) < 4.78 is 16.0. The number of fused-ring (bicyclic) bond motifs is 1. The Labute approximate surface area is 174 Å². The van der Waals surface area contributed by atoms with Crippen molar-refractivity contribution in [2.75, 3.05) is 6.61 Å². The van der Waals surface area contributed by atoms with Gasteiger partial charge in [0, 0.05) is 11.5 Å². The van der Waals surface area contributed by atoms with Gasteiger partial charge in [0.2, 0.25) is 6.29 Å². The van der Waals surface area contributed by atoms with Crippen LogP contribution in [0.25, 0.3) is 0 Å². The molecule has 0 radical (unpaired) electrons. The molecule has 3 aliphatic rings. The first-order valence-corrected chi connectivity index (χ1v) is 10.3. The molecule has 0 amide bonds. The first-order valence-electron chi connectivity index (χ1n) is 10.3. The summed E-state index contributed by atoms with van der Waals surface area (Å²) in [4.78, 5) is 24.8. The van der Waals surface area contributed by atoms with Crippen LogP contribution in [0.5, 0.6) is 0 Å². The SMILES string of the molecule is C/C1=C\[C@H]2OC(=O)[C@@H](C)[C@@H]2CC/C(C(=O)O[C@@H]2O[C@H](CO)[C@@H](O)[C@H](O)[C@H]2O)=C\CC1. The largest absolute Gasteiger partial charge is 0.458 e. The van der Waals surface area contributed by atoms with Crippen molar-refractivity contribution >= 4 is 11.9 Å². The fraction of sp³-hybridized carbons (Fsp3) is 0.714. The molecule has 2 saturated heterocycles. The maximum atomic E-state index is 12.8. The van der Waals surface area contributed by atoms with Crippen molar-refractivity contribution in [3.8, 4) is 0 Å². The van der Waals surface area contributed by atoms with Crippen molar-refractivity contribution in [2.45, 2.75) is 76.3 Å². The molecule has 168 valence electrons. The molecular formula is C21H30O9. The second kappa shape index (κ2) is 9.57. The van der Waals surface area contributed by atoms with Gasteiger partial charge in [0.25, 0.3) is 0 Å². The van der Waals surface area contributed by atoms with E-state index in [1.807, 2.05) is 19.9 Å². The summed E-state index contributed by atoms with van der Waals surface area (Å²) >= 11 is 0. The van der Waals surface area contributed by atoms with E-state index in [9.17, 15) is 30.0 Å². The Kier molecular flexibility index (Phi) is 7.30. The Morgan fingerprint density at radius 3 is 2.63 bits per heavy atom. The normalized spacial score (nSPS) is 43.5. The van der Waals surface area contributed by atoms with Crippen LogP contribution in [0, 0.1) is 11.8 Å². The first-order chi connectivity index (χ1) is 14.2. The summed E-state index contributed by atoms with van der Waals surface area (Å²) in [6.07, 6.45) is -1.87. The van der Waals surface area contributed by atoms with E-state index in [1.165, 1.54) is 0 Å². The molecule has 4 N–H and O–H groups in total. The lowest BCUT2D eigenvalue weighted by Gasteiger charge is -2.39. The number of aliphatic hydroxyl groups excluding tert-OH is 4. The lowest BCUT2D eigenvalue weighted by Crippen LogP contribution is -2.59. The van der Waals surface area contributed by atoms with Gasteiger partial charge in [-0.05, 0) is 38.7 Å². The lowest BCUT2D eigenvalue weighted by molar-refractivity contribution is -0.291. The van der Waals surface area contributed by atoms with Gasteiger partial charge in [-0.2, -0.15) is 0 Å². The first kappa shape index (κ1) is 22.9. The van der Waals surface area contributed by atoms with Crippen molar-refractivity contribution < 1.29 is 44.2 Å². The Hall–Kier alpha value is -1.78. The van der Waals surface area contributed by atoms with E-state index in [2.05, 4.69) is 0 Å². The van der Waals surface area contributed by atoms with E-state index in [1.54, 1.807) is 6.08 Å². The van der Waals surface area contributed by atoms with E-state index in [0.717, 1.165) is 5.57 Å². The van der Waals surface area contributed by atoms with Crippen molar-refractivity contribution in [1.82, 2.24) is 0 Å². The highest BCUT2D eigenvalue weighted by Crippen LogP contribution is 2.35. The summed E-state index contributed by atoms with van der Waals surface area (Å²) in [5, 5.41) is 39.1. The molecule has 0 aromatic rings. The van der Waals surface area contributed by atoms with Gasteiger partial charge < -0.3 is 34.6 Å². The number of esters is 2. The number of aliphatic hydroxyl groups is 4. The van der Waals surface area contributed by atoms with E-state index in [4.69, 9.17) is 14.2 Å². The quantitative estimate of drug-likeness (QED) is 0.361. The Bertz CT molecular complexity index is 713. The Morgan fingerprint density at radius 2 is 1.93 bits per heavy atom. The lowest BCUT2D eigenvalue weighted by atomic mass is 9.84. The zero-order chi connectivity index (χ0) is 22.0. The number of hydrogen-bond acceptors (Lipinski definition) is 9. The predicted molar refractivity (Wildman–Crippen MR) is 103 cm³/mol. The third-order valence-corrected chi connectivity index (χ3v) is 6.15. The average Bonchev–Trinajstić information content (AvgIpc) is 2.97. The molecule has 9 nitrogen and oxygen atoms in total. The minimum Gasteiger partial charge on any atom is -0.458 e. The van der Waals surface area contributed by atoms with Crippen molar-refractivity contribution in [2.24, 2.45) is 11.8 Å². The number of carbonyl (C=O) groups excluding carboxylic acids is 2. The molecule has 1 aliphatic carbocycles. The number of allylic oxidation sites excluding steroid dienone is 2. The fourth-order valence-electron chi connectivity index (χ4n) is 4.15. The second-order valence-corrected chi connectivity index (χ2v) is 8.28. The number of ether oxygens (including phenoxy) is 3. The molecule has 0 aromatic heterocycles. The third kappa shape index (κ3) is 4.76. The van der Waals surface area contributed by atoms with Gasteiger partial charge in [-0.15, -0.1) is 0 Å². The standard InChI is InChI=1S/C21H30O9/c1-10-4-3-5-12(6-7-13-11(2)19(26)28-14(13)8-10)20(27)30-21-18(25)17(24)16(23)15(9-22)29-21/h5,8,11,13-18,21-25H,3-4,6-7,9H2,1-2H3/b10-8+,12-5+/t11-,13-,14+,15+,16+,17-,18+,21-/m0/s1. The van der Waals surface area contributed by atoms with Crippen LogP contribution in [0.4, 0.5) is 0 Å². The molecule has 0 saturated carbocycles. The molecule has 3 rings (SSSR count). The van der Waals surface area contributed by atoms with Gasteiger partial charge in [-0.1, -0.05) is 18.6 Å². The smallest absolute Gasteiger partial charge is 0.336 e. The average molecular weight is 426 g/mol. The van der Waals surface area contributed by atoms with Gasteiger partial charge in [-0.25, -0.2) is 4.79 Å². The van der Waals surface area contributed by atoms with Crippen LogP contribution in [0.2, 0.25) is 0 Å². The van der Waals surface area contributed by atoms with Crippen LogP contribution in [-0.2, 0) is 23.8 Å². The molecule has 9 heteroatoms. The summed E-state index contributed by atoms with van der Waals surface area (Å²) in [6, 6.07) is 0. The number of carbonyl (C=O) groups is 2. The van der Waals surface area contributed by atoms with Crippen LogP contribution in [0.15, 0.2) is 23.3 Å². The zero-order valence-corrected chi connectivity index (χ0v) is 17.1. The van der Waals surface area contributed by atoms with Crippen molar-refractivity contribution in [3.63, 3.8) is 0 Å². The molecule has 30 heavy (non-hydrogen) atoms. The zero-order valence-electron chi connectivity index (χ0n) is 17.1. The third-order valence-electron chi connectivity index (χ3n) is 6.15. The van der Waals surface area contributed by atoms with Crippen molar-refractivity contribution in [1.29, 1.82) is 0 Å². The molecule has 2 aliphatic heterocycles. The molecule has 0 aromatic carbocycles. The highest BCUT2D eigenvalue weighted by molar-refractivity contribution is 5.88. The van der Waals surface area contributed by atoms with Crippen LogP contribution in [0.3, 0.4) is 0 Å². The maximum absolute atomic E-state index is 12.8. The van der Waals surface area contributed by atoms with E-state index in [-0.39, 0.29) is 23.9 Å². The van der Waals surface area contributed by atoms with Gasteiger partial charge in [0.15, 0.2) is 0 Å². The van der Waals surface area contributed by atoms with Gasteiger partial charge in [-0.3, -0.25) is 4.79 Å². The van der Waals surface area contributed by atoms with Crippen LogP contribution in [0.1, 0.15) is 39.5 Å². The maximum Gasteiger partial charge on any atom is 0.336 e. The van der Waals surface area contributed by atoms with Crippen LogP contribution in [-0.4, -0.2) is 75.8 Å². The fourth-order valence-corrected chi connectivity index (χ4v) is 4.15. The highest BCUT2D eigenvalue weighted by atomic mass is 16.7. The van der Waals surface area contributed by atoms with E-state index < -0.39 is 43.3 Å². The Morgan fingerprint density at radius 1 is 1.20 bits per heavy atom. The summed E-state index contributed by atoms with van der Waals surface area (Å²) in [7, 11) is 0. The minimum absolute atomic E-state index is 0.0611. The molecule has 0 unspecified atom stereocenters. The van der Waals surface area contributed by atoms with Gasteiger partial charge >= 0.3 is 11.9 Å². The predicted octanol–water partition coefficient (Wildman–Crippen LogP) is -0.0461.